The average molecular weight is 290 g/mol. The van der Waals surface area contributed by atoms with Crippen molar-refractivity contribution in [2.45, 2.75) is 64.8 Å². The first-order valence-electron chi connectivity index (χ1n) is 7.60. The van der Waals surface area contributed by atoms with Gasteiger partial charge in [0.2, 0.25) is 0 Å². The molecule has 1 saturated heterocycles. The zero-order valence-corrected chi connectivity index (χ0v) is 13.9. The van der Waals surface area contributed by atoms with Crippen LogP contribution in [0.15, 0.2) is 0 Å². The van der Waals surface area contributed by atoms with Crippen molar-refractivity contribution < 1.29 is 18.3 Å². The van der Waals surface area contributed by atoms with Crippen LogP contribution in [0.4, 0.5) is 0 Å². The van der Waals surface area contributed by atoms with Crippen molar-refractivity contribution in [1.82, 2.24) is 0 Å². The van der Waals surface area contributed by atoms with E-state index in [2.05, 4.69) is 20.4 Å². The average Bonchev–Trinajstić information content (AvgIpc) is 3.13. The second-order valence-electron chi connectivity index (χ2n) is 5.42. The fourth-order valence-electron chi connectivity index (χ4n) is 2.24. The Morgan fingerprint density at radius 3 is 2.68 bits per heavy atom. The van der Waals surface area contributed by atoms with Gasteiger partial charge in [0.15, 0.2) is 0 Å². The van der Waals surface area contributed by atoms with E-state index < -0.39 is 8.56 Å². The maximum atomic E-state index is 6.20. The van der Waals surface area contributed by atoms with E-state index in [4.69, 9.17) is 18.3 Å². The van der Waals surface area contributed by atoms with Crippen molar-refractivity contribution in [3.05, 3.63) is 0 Å². The fraction of sp³-hybridized carbons (Fsp3) is 1.00. The lowest BCUT2D eigenvalue weighted by Gasteiger charge is -2.30. The van der Waals surface area contributed by atoms with Gasteiger partial charge in [-0.3, -0.25) is 0 Å². The lowest BCUT2D eigenvalue weighted by atomic mass is 10.2. The quantitative estimate of drug-likeness (QED) is 0.314. The summed E-state index contributed by atoms with van der Waals surface area (Å²) < 4.78 is 22.8. The van der Waals surface area contributed by atoms with Crippen LogP contribution in [0.25, 0.3) is 0 Å². The first-order valence-corrected chi connectivity index (χ1v) is 10.1. The Balaban J connectivity index is 2.19. The summed E-state index contributed by atoms with van der Waals surface area (Å²) in [6.45, 7) is 11.7. The van der Waals surface area contributed by atoms with Crippen LogP contribution in [0.1, 0.15) is 40.0 Å². The van der Waals surface area contributed by atoms with E-state index in [0.717, 1.165) is 51.7 Å². The molecule has 3 unspecified atom stereocenters. The molecule has 0 N–H and O–H groups in total. The van der Waals surface area contributed by atoms with Crippen molar-refractivity contribution in [2.24, 2.45) is 0 Å². The second kappa shape index (κ2) is 9.08. The van der Waals surface area contributed by atoms with Crippen molar-refractivity contribution in [3.8, 4) is 0 Å². The van der Waals surface area contributed by atoms with Gasteiger partial charge in [0.05, 0.1) is 13.2 Å². The summed E-state index contributed by atoms with van der Waals surface area (Å²) in [5.74, 6) is 0. The van der Waals surface area contributed by atoms with Crippen molar-refractivity contribution in [3.63, 3.8) is 0 Å². The van der Waals surface area contributed by atoms with E-state index >= 15 is 0 Å². The van der Waals surface area contributed by atoms with Gasteiger partial charge in [-0.05, 0) is 39.3 Å². The zero-order valence-electron chi connectivity index (χ0n) is 12.9. The van der Waals surface area contributed by atoms with E-state index in [1.807, 2.05) is 6.92 Å². The molecule has 5 heteroatoms. The molecule has 0 amide bonds. The molecule has 0 spiro atoms. The Labute approximate surface area is 119 Å². The molecule has 1 rings (SSSR count). The summed E-state index contributed by atoms with van der Waals surface area (Å²) >= 11 is 0. The molecule has 1 aliphatic heterocycles. The second-order valence-corrected chi connectivity index (χ2v) is 8.71. The molecule has 114 valence electrons. The molecule has 0 saturated carbocycles. The largest absolute Gasteiger partial charge is 0.395 e. The Bertz CT molecular complexity index is 235. The Morgan fingerprint density at radius 1 is 1.37 bits per heavy atom. The molecule has 1 heterocycles. The summed E-state index contributed by atoms with van der Waals surface area (Å²) in [5, 5.41) is 0. The van der Waals surface area contributed by atoms with Crippen LogP contribution in [0.5, 0.6) is 0 Å². The van der Waals surface area contributed by atoms with Crippen LogP contribution in [0.3, 0.4) is 0 Å². The predicted molar refractivity (Wildman–Crippen MR) is 78.7 cm³/mol. The Morgan fingerprint density at radius 2 is 2.11 bits per heavy atom. The third-order valence-electron chi connectivity index (χ3n) is 3.22. The lowest BCUT2D eigenvalue weighted by Crippen LogP contribution is -2.41. The maximum Gasteiger partial charge on any atom is 0.335 e. The lowest BCUT2D eigenvalue weighted by molar-refractivity contribution is 0.104. The summed E-state index contributed by atoms with van der Waals surface area (Å²) in [4.78, 5) is 0. The molecule has 0 aromatic rings. The van der Waals surface area contributed by atoms with Gasteiger partial charge >= 0.3 is 8.56 Å². The maximum absolute atomic E-state index is 6.20. The highest BCUT2D eigenvalue weighted by Crippen LogP contribution is 2.20. The van der Waals surface area contributed by atoms with Gasteiger partial charge in [0.1, 0.15) is 6.10 Å². The minimum Gasteiger partial charge on any atom is -0.395 e. The van der Waals surface area contributed by atoms with Crippen LogP contribution in [0.2, 0.25) is 12.6 Å². The number of hydrogen-bond acceptors (Lipinski definition) is 4. The smallest absolute Gasteiger partial charge is 0.335 e. The summed E-state index contributed by atoms with van der Waals surface area (Å²) in [5.41, 5.74) is 0. The molecule has 4 nitrogen and oxygen atoms in total. The van der Waals surface area contributed by atoms with Crippen molar-refractivity contribution in [1.29, 1.82) is 0 Å². The van der Waals surface area contributed by atoms with Gasteiger partial charge in [-0.25, -0.2) is 0 Å². The van der Waals surface area contributed by atoms with Gasteiger partial charge in [0.25, 0.3) is 0 Å². The van der Waals surface area contributed by atoms with Crippen LogP contribution in [-0.2, 0) is 18.3 Å². The summed E-state index contributed by atoms with van der Waals surface area (Å²) in [6, 6.07) is 1.00. The zero-order chi connectivity index (χ0) is 14.1. The SMILES string of the molecule is CCCC(C)O[Si](C)(CCCOCC1CO1)OCC. The molecular weight excluding hydrogens is 260 g/mol. The summed E-state index contributed by atoms with van der Waals surface area (Å²) in [6.07, 6.45) is 3.92. The third kappa shape index (κ3) is 8.04. The number of epoxide rings is 1. The standard InChI is InChI=1S/C14H30O4Si/c1-5-8-13(3)18-19(4,17-6-2)10-7-9-15-11-14-12-16-14/h13-14H,5-12H2,1-4H3. The first kappa shape index (κ1) is 17.1. The van der Waals surface area contributed by atoms with Gasteiger partial charge in [-0.1, -0.05) is 13.3 Å². The van der Waals surface area contributed by atoms with Crippen LogP contribution < -0.4 is 0 Å². The number of ether oxygens (including phenoxy) is 2. The van der Waals surface area contributed by atoms with E-state index in [1.54, 1.807) is 0 Å². The molecular formula is C14H30O4Si. The Hall–Kier alpha value is 0.0569. The highest BCUT2D eigenvalue weighted by molar-refractivity contribution is 6.66. The minimum atomic E-state index is -2.02. The normalized spacial score (nSPS) is 23.1. The molecule has 0 aromatic heterocycles. The van der Waals surface area contributed by atoms with Gasteiger partial charge in [0, 0.05) is 19.3 Å². The topological polar surface area (TPSA) is 40.2 Å². The van der Waals surface area contributed by atoms with Crippen molar-refractivity contribution >= 4 is 8.56 Å². The van der Waals surface area contributed by atoms with Crippen LogP contribution in [-0.4, -0.2) is 47.2 Å². The Kier molecular flexibility index (Phi) is 8.17. The highest BCUT2D eigenvalue weighted by Gasteiger charge is 2.32. The van der Waals surface area contributed by atoms with Crippen LogP contribution >= 0.6 is 0 Å². The molecule has 0 aliphatic carbocycles. The molecule has 0 radical (unpaired) electrons. The predicted octanol–water partition coefficient (Wildman–Crippen LogP) is 3.11. The highest BCUT2D eigenvalue weighted by atomic mass is 28.4. The summed E-state index contributed by atoms with van der Waals surface area (Å²) in [7, 11) is -2.02. The van der Waals surface area contributed by atoms with E-state index in [1.165, 1.54) is 0 Å². The molecule has 1 aliphatic rings. The molecule has 1 fully saturated rings. The third-order valence-corrected chi connectivity index (χ3v) is 6.28. The first-order chi connectivity index (χ1) is 9.09. The molecule has 19 heavy (non-hydrogen) atoms. The minimum absolute atomic E-state index is 0.300. The number of rotatable bonds is 12. The van der Waals surface area contributed by atoms with E-state index in [-0.39, 0.29) is 0 Å². The fourth-order valence-corrected chi connectivity index (χ4v) is 4.93. The number of hydrogen-bond donors (Lipinski definition) is 0. The van der Waals surface area contributed by atoms with E-state index in [0.29, 0.717) is 12.2 Å². The molecule has 3 atom stereocenters. The monoisotopic (exact) mass is 290 g/mol. The molecule has 0 aromatic carbocycles. The van der Waals surface area contributed by atoms with Gasteiger partial charge in [-0.15, -0.1) is 0 Å². The van der Waals surface area contributed by atoms with Crippen LogP contribution in [0, 0.1) is 0 Å². The van der Waals surface area contributed by atoms with Gasteiger partial charge < -0.3 is 18.3 Å². The van der Waals surface area contributed by atoms with E-state index in [9.17, 15) is 0 Å². The van der Waals surface area contributed by atoms with Crippen molar-refractivity contribution in [2.75, 3.05) is 26.4 Å². The molecule has 0 bridgehead atoms. The van der Waals surface area contributed by atoms with Gasteiger partial charge in [-0.2, -0.15) is 0 Å².